The Hall–Kier alpha value is -2.56. The lowest BCUT2D eigenvalue weighted by Gasteiger charge is -2.33. The third-order valence-electron chi connectivity index (χ3n) is 6.19. The van der Waals surface area contributed by atoms with Crippen LogP contribution in [0.1, 0.15) is 55.3 Å². The first-order chi connectivity index (χ1) is 15.8. The second-order valence-electron chi connectivity index (χ2n) is 8.24. The van der Waals surface area contributed by atoms with Gasteiger partial charge in [0.2, 0.25) is 5.91 Å². The highest BCUT2D eigenvalue weighted by Gasteiger charge is 2.49. The molecule has 0 radical (unpaired) electrons. The molecule has 8 nitrogen and oxygen atoms in total. The number of thiophene rings is 1. The second kappa shape index (κ2) is 9.74. The number of methoxy groups -OCH3 is 1. The highest BCUT2D eigenvalue weighted by atomic mass is 32.2. The molecule has 0 spiro atoms. The number of carbonyl (C=O) groups excluding carboxylic acids is 3. The molecule has 10 heteroatoms. The molecular weight excluding hydrogens is 464 g/mol. The van der Waals surface area contributed by atoms with Crippen molar-refractivity contribution in [2.24, 2.45) is 0 Å². The maximum Gasteiger partial charge on any atom is 0.337 e. The summed E-state index contributed by atoms with van der Waals surface area (Å²) in [5.74, 6) is -1.55. The van der Waals surface area contributed by atoms with Gasteiger partial charge in [-0.15, -0.1) is 11.3 Å². The lowest BCUT2D eigenvalue weighted by Crippen LogP contribution is -2.50. The first-order valence-corrected chi connectivity index (χ1v) is 13.3. The number of carbonyl (C=O) groups is 3. The molecule has 33 heavy (non-hydrogen) atoms. The monoisotopic (exact) mass is 490 g/mol. The van der Waals surface area contributed by atoms with Crippen molar-refractivity contribution in [1.29, 1.82) is 0 Å². The van der Waals surface area contributed by atoms with Gasteiger partial charge in [0.05, 0.1) is 24.8 Å². The van der Waals surface area contributed by atoms with E-state index in [4.69, 9.17) is 0 Å². The number of benzene rings is 1. The molecule has 1 saturated carbocycles. The maximum absolute atomic E-state index is 13.6. The van der Waals surface area contributed by atoms with E-state index in [1.165, 1.54) is 41.7 Å². The smallest absolute Gasteiger partial charge is 0.337 e. The first kappa shape index (κ1) is 23.6. The minimum Gasteiger partial charge on any atom is -0.465 e. The van der Waals surface area contributed by atoms with Crippen LogP contribution in [-0.4, -0.2) is 49.7 Å². The molecule has 0 N–H and O–H groups in total. The predicted octanol–water partition coefficient (Wildman–Crippen LogP) is 3.58. The van der Waals surface area contributed by atoms with E-state index in [9.17, 15) is 22.8 Å². The molecule has 176 valence electrons. The SMILES string of the molecule is COC(=O)c1ccc(N2C(=O)CC(N(C3CCCCCC3)S(=O)(=O)c3cccs3)C2=O)cc1. The molecule has 1 atom stereocenters. The number of imide groups is 1. The highest BCUT2D eigenvalue weighted by molar-refractivity contribution is 7.91. The van der Waals surface area contributed by atoms with Crippen molar-refractivity contribution < 1.29 is 27.5 Å². The fraction of sp³-hybridized carbons (Fsp3) is 0.435. The molecule has 1 aromatic heterocycles. The number of nitrogens with zero attached hydrogens (tertiary/aromatic N) is 2. The predicted molar refractivity (Wildman–Crippen MR) is 124 cm³/mol. The summed E-state index contributed by atoms with van der Waals surface area (Å²) >= 11 is 1.11. The van der Waals surface area contributed by atoms with Crippen LogP contribution in [0.4, 0.5) is 5.69 Å². The van der Waals surface area contributed by atoms with Gasteiger partial charge in [0.1, 0.15) is 10.3 Å². The number of ether oxygens (including phenoxy) is 1. The van der Waals surface area contributed by atoms with Crippen LogP contribution >= 0.6 is 11.3 Å². The van der Waals surface area contributed by atoms with Gasteiger partial charge < -0.3 is 4.74 Å². The van der Waals surface area contributed by atoms with Crippen LogP contribution in [0, 0.1) is 0 Å². The first-order valence-electron chi connectivity index (χ1n) is 11.0. The zero-order valence-corrected chi connectivity index (χ0v) is 19.9. The molecule has 2 heterocycles. The number of amides is 2. The van der Waals surface area contributed by atoms with Gasteiger partial charge in [0, 0.05) is 6.04 Å². The van der Waals surface area contributed by atoms with Crippen molar-refractivity contribution in [2.75, 3.05) is 12.0 Å². The third-order valence-corrected chi connectivity index (χ3v) is 9.52. The summed E-state index contributed by atoms with van der Waals surface area (Å²) in [6.07, 6.45) is 4.94. The number of anilines is 1. The van der Waals surface area contributed by atoms with E-state index in [0.29, 0.717) is 18.5 Å². The quantitative estimate of drug-likeness (QED) is 0.349. The summed E-state index contributed by atoms with van der Waals surface area (Å²) in [5.41, 5.74) is 0.590. The third kappa shape index (κ3) is 4.60. The average Bonchev–Trinajstić information content (AvgIpc) is 3.36. The van der Waals surface area contributed by atoms with Gasteiger partial charge in [-0.1, -0.05) is 31.7 Å². The van der Waals surface area contributed by atoms with Gasteiger partial charge in [-0.3, -0.25) is 9.59 Å². The van der Waals surface area contributed by atoms with Crippen molar-refractivity contribution in [2.45, 2.75) is 61.2 Å². The molecule has 1 aliphatic carbocycles. The molecule has 2 aliphatic rings. The van der Waals surface area contributed by atoms with E-state index < -0.39 is 33.8 Å². The van der Waals surface area contributed by atoms with E-state index in [1.807, 2.05) is 0 Å². The van der Waals surface area contributed by atoms with E-state index in [1.54, 1.807) is 11.4 Å². The number of hydrogen-bond acceptors (Lipinski definition) is 7. The number of sulfonamides is 1. The molecule has 2 aromatic rings. The van der Waals surface area contributed by atoms with Gasteiger partial charge in [0.25, 0.3) is 15.9 Å². The van der Waals surface area contributed by atoms with E-state index in [-0.39, 0.29) is 22.2 Å². The van der Waals surface area contributed by atoms with Crippen molar-refractivity contribution in [3.8, 4) is 0 Å². The Morgan fingerprint density at radius 2 is 1.73 bits per heavy atom. The highest BCUT2D eigenvalue weighted by Crippen LogP contribution is 2.35. The molecule has 2 amide bonds. The molecular formula is C23H26N2O6S2. The van der Waals surface area contributed by atoms with E-state index in [0.717, 1.165) is 41.9 Å². The maximum atomic E-state index is 13.6. The van der Waals surface area contributed by atoms with Gasteiger partial charge in [-0.05, 0) is 48.6 Å². The standard InChI is InChI=1S/C23H26N2O6S2/c1-31-23(28)16-10-12-17(13-11-16)24-20(26)15-19(22(24)27)25(18-7-4-2-3-5-8-18)33(29,30)21-9-6-14-32-21/h6,9-14,18-19H,2-5,7-8,15H2,1H3. The minimum atomic E-state index is -3.95. The van der Waals surface area contributed by atoms with Gasteiger partial charge in [-0.25, -0.2) is 18.1 Å². The Morgan fingerprint density at radius 3 is 2.30 bits per heavy atom. The summed E-state index contributed by atoms with van der Waals surface area (Å²) < 4.78 is 33.5. The Balaban J connectivity index is 1.68. The van der Waals surface area contributed by atoms with Crippen molar-refractivity contribution in [3.05, 3.63) is 47.3 Å². The molecule has 1 unspecified atom stereocenters. The number of rotatable bonds is 6. The van der Waals surface area contributed by atoms with Crippen LogP contribution in [0.15, 0.2) is 46.0 Å². The van der Waals surface area contributed by atoms with Crippen LogP contribution in [0.2, 0.25) is 0 Å². The Morgan fingerprint density at radius 1 is 1.06 bits per heavy atom. The number of esters is 1. The molecule has 1 saturated heterocycles. The molecule has 1 aromatic carbocycles. The summed E-state index contributed by atoms with van der Waals surface area (Å²) in [6.45, 7) is 0. The zero-order chi connectivity index (χ0) is 23.6. The average molecular weight is 491 g/mol. The fourth-order valence-electron chi connectivity index (χ4n) is 4.60. The summed E-state index contributed by atoms with van der Waals surface area (Å²) in [5, 5.41) is 1.69. The van der Waals surface area contributed by atoms with Crippen LogP contribution in [-0.2, 0) is 24.3 Å². The molecule has 1 aliphatic heterocycles. The van der Waals surface area contributed by atoms with E-state index >= 15 is 0 Å². The zero-order valence-electron chi connectivity index (χ0n) is 18.3. The van der Waals surface area contributed by atoms with Crippen LogP contribution in [0.3, 0.4) is 0 Å². The molecule has 4 rings (SSSR count). The molecule has 2 fully saturated rings. The van der Waals surface area contributed by atoms with E-state index in [2.05, 4.69) is 4.74 Å². The van der Waals surface area contributed by atoms with Crippen molar-refractivity contribution in [1.82, 2.24) is 4.31 Å². The fourth-order valence-corrected chi connectivity index (χ4v) is 7.52. The Kier molecular flexibility index (Phi) is 6.96. The largest absolute Gasteiger partial charge is 0.465 e. The van der Waals surface area contributed by atoms with Crippen LogP contribution in [0.5, 0.6) is 0 Å². The van der Waals surface area contributed by atoms with Gasteiger partial charge in [-0.2, -0.15) is 4.31 Å². The van der Waals surface area contributed by atoms with Crippen molar-refractivity contribution in [3.63, 3.8) is 0 Å². The second-order valence-corrected chi connectivity index (χ2v) is 11.3. The van der Waals surface area contributed by atoms with Crippen LogP contribution < -0.4 is 4.90 Å². The van der Waals surface area contributed by atoms with Crippen molar-refractivity contribution >= 4 is 44.8 Å². The summed E-state index contributed by atoms with van der Waals surface area (Å²) in [4.78, 5) is 39.1. The Bertz CT molecular complexity index is 1120. The lowest BCUT2D eigenvalue weighted by molar-refractivity contribution is -0.122. The topological polar surface area (TPSA) is 101 Å². The number of hydrogen-bond donors (Lipinski definition) is 0. The summed E-state index contributed by atoms with van der Waals surface area (Å²) in [6, 6.07) is 7.72. The molecule has 0 bridgehead atoms. The Labute approximate surface area is 197 Å². The lowest BCUT2D eigenvalue weighted by atomic mass is 10.1. The van der Waals surface area contributed by atoms with Gasteiger partial charge >= 0.3 is 5.97 Å². The normalized spacial score (nSPS) is 20.3. The van der Waals surface area contributed by atoms with Gasteiger partial charge in [0.15, 0.2) is 0 Å². The summed E-state index contributed by atoms with van der Waals surface area (Å²) in [7, 11) is -2.68. The van der Waals surface area contributed by atoms with Crippen LogP contribution in [0.25, 0.3) is 0 Å². The minimum absolute atomic E-state index is 0.174.